The molecule has 4 N–H and O–H groups in total. The highest BCUT2D eigenvalue weighted by atomic mass is 16.7. The first-order chi connectivity index (χ1) is 27.8. The molecule has 0 saturated carbocycles. The first-order valence-electron chi connectivity index (χ1n) is 22.7. The van der Waals surface area contributed by atoms with Gasteiger partial charge in [0.25, 0.3) is 0 Å². The molecule has 330 valence electrons. The lowest BCUT2D eigenvalue weighted by Gasteiger charge is -2.39. The Kier molecular flexibility index (Phi) is 35.0. The van der Waals surface area contributed by atoms with E-state index in [4.69, 9.17) is 18.9 Å². The molecule has 0 aromatic rings. The Bertz CT molecular complexity index is 1070. The molecule has 0 bridgehead atoms. The molecule has 57 heavy (non-hydrogen) atoms. The molecule has 6 atom stereocenters. The lowest BCUT2D eigenvalue weighted by atomic mass is 9.99. The van der Waals surface area contributed by atoms with Crippen LogP contribution in [0.4, 0.5) is 0 Å². The zero-order chi connectivity index (χ0) is 41.6. The van der Waals surface area contributed by atoms with Gasteiger partial charge in [-0.1, -0.05) is 172 Å². The SMILES string of the molecule is CCCCCCCCCCC/C=C/C/C=C/CCCC(=O)O[C@H](COC(=O)/C=C/C=C/CCCCCCCCCCCCC)CO[C@@H]1O[C@H](CO)[C@H](O)C(O)C1O. The molecule has 1 saturated heterocycles. The summed E-state index contributed by atoms with van der Waals surface area (Å²) in [5.74, 6) is -1.11. The van der Waals surface area contributed by atoms with E-state index in [1.165, 1.54) is 128 Å². The number of aliphatic hydroxyl groups excluding tert-OH is 4. The average Bonchev–Trinajstić information content (AvgIpc) is 3.21. The highest BCUT2D eigenvalue weighted by Gasteiger charge is 2.44. The summed E-state index contributed by atoms with van der Waals surface area (Å²) in [4.78, 5) is 25.2. The highest BCUT2D eigenvalue weighted by Crippen LogP contribution is 2.22. The lowest BCUT2D eigenvalue weighted by Crippen LogP contribution is -2.59. The lowest BCUT2D eigenvalue weighted by molar-refractivity contribution is -0.305. The molecule has 10 nitrogen and oxygen atoms in total. The van der Waals surface area contributed by atoms with Crippen LogP contribution in [-0.4, -0.2) is 89.0 Å². The van der Waals surface area contributed by atoms with Crippen molar-refractivity contribution < 1.29 is 49.0 Å². The minimum Gasteiger partial charge on any atom is -0.458 e. The van der Waals surface area contributed by atoms with Gasteiger partial charge in [-0.15, -0.1) is 0 Å². The molecule has 0 aliphatic carbocycles. The van der Waals surface area contributed by atoms with E-state index < -0.39 is 55.4 Å². The Hall–Kier alpha value is -2.34. The third-order valence-electron chi connectivity index (χ3n) is 10.3. The molecule has 1 fully saturated rings. The van der Waals surface area contributed by atoms with Gasteiger partial charge >= 0.3 is 11.9 Å². The smallest absolute Gasteiger partial charge is 0.330 e. The second kappa shape index (κ2) is 37.9. The summed E-state index contributed by atoms with van der Waals surface area (Å²) < 4.78 is 21.9. The highest BCUT2D eigenvalue weighted by molar-refractivity contribution is 5.82. The second-order valence-corrected chi connectivity index (χ2v) is 15.6. The van der Waals surface area contributed by atoms with Crippen LogP contribution in [0.5, 0.6) is 0 Å². The third-order valence-corrected chi connectivity index (χ3v) is 10.3. The summed E-state index contributed by atoms with van der Waals surface area (Å²) in [5, 5.41) is 40.0. The molecule has 0 aromatic carbocycles. The Morgan fingerprint density at radius 2 is 1.11 bits per heavy atom. The summed E-state index contributed by atoms with van der Waals surface area (Å²) in [5.41, 5.74) is 0. The molecule has 10 heteroatoms. The number of aliphatic hydroxyl groups is 4. The second-order valence-electron chi connectivity index (χ2n) is 15.6. The molecule has 1 heterocycles. The normalized spacial score (nSPS) is 20.7. The third kappa shape index (κ3) is 29.5. The maximum atomic E-state index is 12.7. The fourth-order valence-electron chi connectivity index (χ4n) is 6.67. The summed E-state index contributed by atoms with van der Waals surface area (Å²) >= 11 is 0. The van der Waals surface area contributed by atoms with Gasteiger partial charge in [0.15, 0.2) is 12.4 Å². The number of hydrogen-bond donors (Lipinski definition) is 4. The van der Waals surface area contributed by atoms with E-state index in [9.17, 15) is 30.0 Å². The standard InChI is InChI=1S/C47H82O10/c1-3-5-7-9-11-13-15-17-19-20-22-24-26-28-30-32-34-36-43(50)56-40(39-55-47-46(53)45(52)44(51)41(37-48)57-47)38-54-42(49)35-33-31-29-27-25-23-21-18-16-14-12-10-8-6-4-2/h22,24,28-31,33,35,40-41,44-48,51-53H,3-21,23,25-27,32,34,36-39H2,1-2H3/b24-22+,30-28+,31-29+,35-33+/t40-,41-,44+,45?,46?,47-/m1/s1. The molecular weight excluding hydrogens is 725 g/mol. The fourth-order valence-corrected chi connectivity index (χ4v) is 6.67. The largest absolute Gasteiger partial charge is 0.458 e. The summed E-state index contributed by atoms with van der Waals surface area (Å²) in [6.07, 6.45) is 37.6. The van der Waals surface area contributed by atoms with Crippen LogP contribution in [0.2, 0.25) is 0 Å². The van der Waals surface area contributed by atoms with Gasteiger partial charge in [-0.2, -0.15) is 0 Å². The van der Waals surface area contributed by atoms with E-state index in [0.29, 0.717) is 12.8 Å². The number of carbonyl (C=O) groups excluding carboxylic acids is 2. The minimum atomic E-state index is -1.61. The number of ether oxygens (including phenoxy) is 4. The van der Waals surface area contributed by atoms with Crippen LogP contribution in [0.3, 0.4) is 0 Å². The van der Waals surface area contributed by atoms with Gasteiger partial charge in [0.1, 0.15) is 31.0 Å². The topological polar surface area (TPSA) is 152 Å². The monoisotopic (exact) mass is 807 g/mol. The molecular formula is C47H82O10. The molecule has 0 aromatic heterocycles. The van der Waals surface area contributed by atoms with Crippen LogP contribution in [0.25, 0.3) is 0 Å². The Morgan fingerprint density at radius 3 is 1.65 bits per heavy atom. The van der Waals surface area contributed by atoms with Crippen LogP contribution in [0.1, 0.15) is 181 Å². The van der Waals surface area contributed by atoms with Gasteiger partial charge in [-0.05, 0) is 44.9 Å². The van der Waals surface area contributed by atoms with E-state index in [2.05, 4.69) is 38.2 Å². The first kappa shape index (κ1) is 52.7. The van der Waals surface area contributed by atoms with Crippen LogP contribution in [0, 0.1) is 0 Å². The minimum absolute atomic E-state index is 0.146. The summed E-state index contributed by atoms with van der Waals surface area (Å²) in [6.45, 7) is 3.26. The van der Waals surface area contributed by atoms with E-state index in [1.807, 2.05) is 12.2 Å². The Balaban J connectivity index is 2.41. The van der Waals surface area contributed by atoms with Crippen molar-refractivity contribution in [3.8, 4) is 0 Å². The molecule has 1 aliphatic rings. The maximum Gasteiger partial charge on any atom is 0.330 e. The van der Waals surface area contributed by atoms with Gasteiger partial charge in [0.05, 0.1) is 13.2 Å². The summed E-state index contributed by atoms with van der Waals surface area (Å²) in [7, 11) is 0. The number of unbranched alkanes of at least 4 members (excludes halogenated alkanes) is 21. The predicted octanol–water partition coefficient (Wildman–Crippen LogP) is 9.67. The molecule has 1 aliphatic heterocycles. The van der Waals surface area contributed by atoms with Crippen molar-refractivity contribution in [3.05, 3.63) is 48.6 Å². The number of rotatable bonds is 37. The van der Waals surface area contributed by atoms with Crippen molar-refractivity contribution >= 4 is 11.9 Å². The Labute approximate surface area is 346 Å². The zero-order valence-electron chi connectivity index (χ0n) is 35.8. The molecule has 2 unspecified atom stereocenters. The van der Waals surface area contributed by atoms with Crippen molar-refractivity contribution in [3.63, 3.8) is 0 Å². The van der Waals surface area contributed by atoms with Crippen molar-refractivity contribution in [2.45, 2.75) is 218 Å². The van der Waals surface area contributed by atoms with E-state index in [0.717, 1.165) is 25.7 Å². The van der Waals surface area contributed by atoms with Crippen LogP contribution in [0.15, 0.2) is 48.6 Å². The van der Waals surface area contributed by atoms with Gasteiger partial charge < -0.3 is 39.4 Å². The number of hydrogen-bond acceptors (Lipinski definition) is 10. The van der Waals surface area contributed by atoms with Gasteiger partial charge in [0, 0.05) is 12.5 Å². The molecule has 0 amide bonds. The summed E-state index contributed by atoms with van der Waals surface area (Å²) in [6, 6.07) is 0. The fraction of sp³-hybridized carbons (Fsp3) is 0.787. The van der Waals surface area contributed by atoms with Gasteiger partial charge in [-0.25, -0.2) is 4.79 Å². The van der Waals surface area contributed by atoms with Crippen molar-refractivity contribution in [1.82, 2.24) is 0 Å². The van der Waals surface area contributed by atoms with Crippen LogP contribution >= 0.6 is 0 Å². The van der Waals surface area contributed by atoms with Crippen molar-refractivity contribution in [2.24, 2.45) is 0 Å². The average molecular weight is 807 g/mol. The Morgan fingerprint density at radius 1 is 0.596 bits per heavy atom. The maximum absolute atomic E-state index is 12.7. The number of allylic oxidation sites excluding steroid dienone is 7. The first-order valence-corrected chi connectivity index (χ1v) is 22.7. The molecule has 0 radical (unpaired) electrons. The number of carbonyl (C=O) groups is 2. The number of esters is 2. The predicted molar refractivity (Wildman–Crippen MR) is 229 cm³/mol. The molecule has 1 rings (SSSR count). The van der Waals surface area contributed by atoms with Crippen molar-refractivity contribution in [2.75, 3.05) is 19.8 Å². The molecule has 0 spiro atoms. The van der Waals surface area contributed by atoms with E-state index in [-0.39, 0.29) is 19.6 Å². The van der Waals surface area contributed by atoms with Crippen molar-refractivity contribution in [1.29, 1.82) is 0 Å². The van der Waals surface area contributed by atoms with Gasteiger partial charge in [0.2, 0.25) is 0 Å². The van der Waals surface area contributed by atoms with Crippen LogP contribution in [-0.2, 0) is 28.5 Å². The van der Waals surface area contributed by atoms with E-state index in [1.54, 1.807) is 6.08 Å². The van der Waals surface area contributed by atoms with Gasteiger partial charge in [-0.3, -0.25) is 4.79 Å². The van der Waals surface area contributed by atoms with E-state index >= 15 is 0 Å². The quantitative estimate of drug-likeness (QED) is 0.0157. The van der Waals surface area contributed by atoms with Crippen LogP contribution < -0.4 is 0 Å². The zero-order valence-corrected chi connectivity index (χ0v) is 35.8.